The van der Waals surface area contributed by atoms with Gasteiger partial charge in [0.25, 0.3) is 0 Å². The standard InChI is InChI=1S/C3H7Cl.H3N/c1-2-3-4;/h2-3H2,1H3;1H3/p+1. The number of halogens is 1. The van der Waals surface area contributed by atoms with Crippen molar-refractivity contribution in [3.8, 4) is 0 Å². The van der Waals surface area contributed by atoms with Gasteiger partial charge in [0.2, 0.25) is 0 Å². The van der Waals surface area contributed by atoms with Crippen LogP contribution in [0.15, 0.2) is 0 Å². The fourth-order valence-corrected chi connectivity index (χ4v) is 0. The molecule has 0 aromatic rings. The lowest BCUT2D eigenvalue weighted by Crippen LogP contribution is -1.55. The zero-order chi connectivity index (χ0) is 3.41. The van der Waals surface area contributed by atoms with Crippen LogP contribution in [0.1, 0.15) is 13.3 Å². The molecule has 0 rings (SSSR count). The van der Waals surface area contributed by atoms with E-state index in [1.165, 1.54) is 0 Å². The number of hydrogen-bond donors (Lipinski definition) is 1. The van der Waals surface area contributed by atoms with Crippen LogP contribution in [0, 0.1) is 0 Å². The van der Waals surface area contributed by atoms with Crippen molar-refractivity contribution in [2.24, 2.45) is 0 Å². The van der Waals surface area contributed by atoms with E-state index >= 15 is 0 Å². The molecule has 0 unspecified atom stereocenters. The summed E-state index contributed by atoms with van der Waals surface area (Å²) in [6.07, 6.45) is 1.08. The Morgan fingerprint density at radius 3 is 1.80 bits per heavy atom. The summed E-state index contributed by atoms with van der Waals surface area (Å²) in [5, 5.41) is 0. The molecule has 1 nitrogen and oxygen atoms in total. The van der Waals surface area contributed by atoms with E-state index in [1.54, 1.807) is 0 Å². The SMILES string of the molecule is CCCCl.[NH4+]. The third kappa shape index (κ3) is 13.8. The molecule has 0 saturated heterocycles. The van der Waals surface area contributed by atoms with Gasteiger partial charge in [-0.1, -0.05) is 6.92 Å². The summed E-state index contributed by atoms with van der Waals surface area (Å²) in [7, 11) is 0. The van der Waals surface area contributed by atoms with Gasteiger partial charge in [-0.25, -0.2) is 0 Å². The highest BCUT2D eigenvalue weighted by molar-refractivity contribution is 6.17. The summed E-state index contributed by atoms with van der Waals surface area (Å²) in [6.45, 7) is 2.05. The second-order valence-corrected chi connectivity index (χ2v) is 1.07. The number of rotatable bonds is 1. The van der Waals surface area contributed by atoms with Gasteiger partial charge in [0, 0.05) is 5.88 Å². The molecule has 0 aromatic heterocycles. The molecule has 0 spiro atoms. The van der Waals surface area contributed by atoms with Gasteiger partial charge in [0.15, 0.2) is 0 Å². The molecule has 0 aliphatic carbocycles. The van der Waals surface area contributed by atoms with Crippen LogP contribution in [0.3, 0.4) is 0 Å². The minimum atomic E-state index is 0. The lowest BCUT2D eigenvalue weighted by molar-refractivity contribution is 1.10. The molecule has 0 radical (unpaired) electrons. The zero-order valence-electron chi connectivity index (χ0n) is 3.79. The Hall–Kier alpha value is 0.250. The van der Waals surface area contributed by atoms with Gasteiger partial charge < -0.3 is 6.15 Å². The van der Waals surface area contributed by atoms with Gasteiger partial charge in [-0.15, -0.1) is 11.6 Å². The van der Waals surface area contributed by atoms with E-state index in [-0.39, 0.29) is 6.15 Å². The van der Waals surface area contributed by atoms with Crippen molar-refractivity contribution in [3.05, 3.63) is 0 Å². The molecule has 34 valence electrons. The normalized spacial score (nSPS) is 6.00. The Bertz CT molecular complexity index is 8.85. The Balaban J connectivity index is 0. The van der Waals surface area contributed by atoms with Gasteiger partial charge in [-0.3, -0.25) is 0 Å². The van der Waals surface area contributed by atoms with Crippen LogP contribution in [0.25, 0.3) is 0 Å². The van der Waals surface area contributed by atoms with Crippen molar-refractivity contribution in [3.63, 3.8) is 0 Å². The Morgan fingerprint density at radius 2 is 1.80 bits per heavy atom. The molecule has 0 saturated carbocycles. The van der Waals surface area contributed by atoms with E-state index in [0.29, 0.717) is 0 Å². The van der Waals surface area contributed by atoms with Gasteiger partial charge in [0.05, 0.1) is 0 Å². The Labute approximate surface area is 37.9 Å². The largest absolute Gasteiger partial charge is 0.369 e. The summed E-state index contributed by atoms with van der Waals surface area (Å²) >= 11 is 5.19. The molecule has 0 amide bonds. The Morgan fingerprint density at radius 1 is 1.60 bits per heavy atom. The predicted molar refractivity (Wildman–Crippen MR) is 27.0 cm³/mol. The quantitative estimate of drug-likeness (QED) is 0.485. The summed E-state index contributed by atoms with van der Waals surface area (Å²) in [5.41, 5.74) is 0. The maximum Gasteiger partial charge on any atom is 0.0220 e. The first-order valence-electron chi connectivity index (χ1n) is 1.47. The summed E-state index contributed by atoms with van der Waals surface area (Å²) < 4.78 is 0. The topological polar surface area (TPSA) is 36.5 Å². The first kappa shape index (κ1) is 8.98. The van der Waals surface area contributed by atoms with E-state index < -0.39 is 0 Å². The first-order valence-corrected chi connectivity index (χ1v) is 2.01. The van der Waals surface area contributed by atoms with Crippen molar-refractivity contribution in [1.29, 1.82) is 0 Å². The zero-order valence-corrected chi connectivity index (χ0v) is 4.55. The molecule has 2 heteroatoms. The predicted octanol–water partition coefficient (Wildman–Crippen LogP) is 2.01. The highest BCUT2D eigenvalue weighted by atomic mass is 35.5. The van der Waals surface area contributed by atoms with Crippen molar-refractivity contribution < 1.29 is 0 Å². The smallest absolute Gasteiger partial charge is 0.0220 e. The fraction of sp³-hybridized carbons (Fsp3) is 1.00. The lowest BCUT2D eigenvalue weighted by atomic mass is 10.6. The van der Waals surface area contributed by atoms with Crippen molar-refractivity contribution in [2.45, 2.75) is 13.3 Å². The molecule has 0 bridgehead atoms. The average Bonchev–Trinajstić information content (AvgIpc) is 1.37. The number of hydrogen-bond acceptors (Lipinski definition) is 0. The molecule has 0 atom stereocenters. The summed E-state index contributed by atoms with van der Waals surface area (Å²) in [6, 6.07) is 0. The van der Waals surface area contributed by atoms with Crippen LogP contribution >= 0.6 is 11.6 Å². The minimum Gasteiger partial charge on any atom is -0.369 e. The van der Waals surface area contributed by atoms with E-state index in [2.05, 4.69) is 0 Å². The van der Waals surface area contributed by atoms with Crippen LogP contribution in [0.2, 0.25) is 0 Å². The third-order valence-electron chi connectivity index (χ3n) is 0.189. The maximum absolute atomic E-state index is 5.19. The molecular weight excluding hydrogens is 85.5 g/mol. The van der Waals surface area contributed by atoms with Crippen molar-refractivity contribution in [1.82, 2.24) is 6.15 Å². The van der Waals surface area contributed by atoms with Crippen LogP contribution < -0.4 is 6.15 Å². The van der Waals surface area contributed by atoms with Crippen molar-refractivity contribution in [2.75, 3.05) is 5.88 Å². The molecule has 0 fully saturated rings. The molecule has 0 aromatic carbocycles. The van der Waals surface area contributed by atoms with Gasteiger partial charge in [0.1, 0.15) is 0 Å². The van der Waals surface area contributed by atoms with Crippen LogP contribution in [0.4, 0.5) is 0 Å². The van der Waals surface area contributed by atoms with Crippen molar-refractivity contribution >= 4 is 11.6 Å². The van der Waals surface area contributed by atoms with E-state index in [4.69, 9.17) is 11.6 Å². The summed E-state index contributed by atoms with van der Waals surface area (Å²) in [5.74, 6) is 0.792. The lowest BCUT2D eigenvalue weighted by Gasteiger charge is -1.65. The third-order valence-corrected chi connectivity index (χ3v) is 0.567. The Kier molecular flexibility index (Phi) is 15.9. The number of quaternary nitrogens is 1. The minimum absolute atomic E-state index is 0. The molecule has 0 heterocycles. The highest BCUT2D eigenvalue weighted by Gasteiger charge is 1.59. The van der Waals surface area contributed by atoms with E-state index in [9.17, 15) is 0 Å². The molecule has 4 N–H and O–H groups in total. The maximum atomic E-state index is 5.19. The molecule has 0 aliphatic heterocycles. The van der Waals surface area contributed by atoms with Gasteiger partial charge in [-0.2, -0.15) is 0 Å². The van der Waals surface area contributed by atoms with Crippen LogP contribution in [-0.2, 0) is 0 Å². The monoisotopic (exact) mass is 96.1 g/mol. The van der Waals surface area contributed by atoms with Crippen LogP contribution in [0.5, 0.6) is 0 Å². The molecule has 0 aliphatic rings. The van der Waals surface area contributed by atoms with E-state index in [0.717, 1.165) is 12.3 Å². The molecule has 5 heavy (non-hydrogen) atoms. The first-order chi connectivity index (χ1) is 1.91. The molecular formula is C3H11ClN+. The van der Waals surface area contributed by atoms with Gasteiger partial charge in [-0.05, 0) is 6.42 Å². The number of alkyl halides is 1. The van der Waals surface area contributed by atoms with E-state index in [1.807, 2.05) is 6.92 Å². The van der Waals surface area contributed by atoms with Gasteiger partial charge >= 0.3 is 0 Å². The van der Waals surface area contributed by atoms with Crippen LogP contribution in [-0.4, -0.2) is 5.88 Å². The average molecular weight is 96.6 g/mol. The summed E-state index contributed by atoms with van der Waals surface area (Å²) in [4.78, 5) is 0. The second kappa shape index (κ2) is 8.87. The highest BCUT2D eigenvalue weighted by Crippen LogP contribution is 1.75. The fourth-order valence-electron chi connectivity index (χ4n) is 0. The second-order valence-electron chi connectivity index (χ2n) is 0.689.